The van der Waals surface area contributed by atoms with E-state index in [1.165, 1.54) is 18.2 Å². The second-order valence-electron chi connectivity index (χ2n) is 12.9. The summed E-state index contributed by atoms with van der Waals surface area (Å²) in [5, 5.41) is 11.5. The third-order valence-corrected chi connectivity index (χ3v) is 12.9. The van der Waals surface area contributed by atoms with Gasteiger partial charge in [-0.15, -0.1) is 0 Å². The maximum absolute atomic E-state index is 13.1. The standard InChI is InChI=1S/C21H12F3NO3.C12H27OP.Eu.H2O/c22-21(23,24)19(27)17-18(26)16-14-9-5-4-6-12(14)10-11-15(16)25(20(17)28)13-7-2-1-3-8-13;1-10(2)9-14(13,11(3,4)5)12(6,7)8;;/h1-11,26H;10H,9H2,1-8H3;;1H2. The fourth-order valence-corrected chi connectivity index (χ4v) is 9.53. The van der Waals surface area contributed by atoms with Crippen LogP contribution in [0.25, 0.3) is 27.4 Å². The normalized spacial score (nSPS) is 12.3. The number of benzene rings is 3. The second kappa shape index (κ2) is 14.7. The molecule has 3 N–H and O–H groups in total. The van der Waals surface area contributed by atoms with Gasteiger partial charge in [0.15, 0.2) is 0 Å². The van der Waals surface area contributed by atoms with Crippen molar-refractivity contribution in [2.45, 2.75) is 71.9 Å². The Kier molecular flexibility index (Phi) is 13.4. The summed E-state index contributed by atoms with van der Waals surface area (Å²) in [5.41, 5.74) is -2.04. The summed E-state index contributed by atoms with van der Waals surface area (Å²) < 4.78 is 53.5. The van der Waals surface area contributed by atoms with Crippen molar-refractivity contribution >= 4 is 34.6 Å². The Bertz CT molecular complexity index is 1700. The van der Waals surface area contributed by atoms with E-state index in [4.69, 9.17) is 0 Å². The second-order valence-corrected chi connectivity index (χ2v) is 17.4. The van der Waals surface area contributed by atoms with E-state index in [1.54, 1.807) is 48.5 Å². The quantitative estimate of drug-likeness (QED) is 0.128. The van der Waals surface area contributed by atoms with Gasteiger partial charge in [0, 0.05) is 76.9 Å². The Morgan fingerprint density at radius 1 is 0.864 bits per heavy atom. The number of para-hydroxylation sites is 1. The number of aromatic hydroxyl groups is 1. The van der Waals surface area contributed by atoms with E-state index >= 15 is 0 Å². The summed E-state index contributed by atoms with van der Waals surface area (Å²) in [7, 11) is -2.14. The van der Waals surface area contributed by atoms with Crippen molar-refractivity contribution in [3.8, 4) is 11.4 Å². The first-order valence-corrected chi connectivity index (χ1v) is 15.7. The zero-order valence-corrected chi connectivity index (χ0v) is 29.5. The number of ketones is 1. The first kappa shape index (κ1) is 40.2. The van der Waals surface area contributed by atoms with Crippen molar-refractivity contribution < 1.29 is 82.5 Å². The van der Waals surface area contributed by atoms with E-state index < -0.39 is 36.0 Å². The van der Waals surface area contributed by atoms with Crippen LogP contribution < -0.4 is 5.56 Å². The van der Waals surface area contributed by atoms with Gasteiger partial charge in [-0.25, -0.2) is 0 Å². The van der Waals surface area contributed by atoms with E-state index in [1.807, 2.05) is 0 Å². The summed E-state index contributed by atoms with van der Waals surface area (Å²) in [5.74, 6) is -2.83. The van der Waals surface area contributed by atoms with Crippen molar-refractivity contribution in [2.24, 2.45) is 5.92 Å². The van der Waals surface area contributed by atoms with Crippen molar-refractivity contribution in [2.75, 3.05) is 6.16 Å². The predicted octanol–water partition coefficient (Wildman–Crippen LogP) is 8.37. The minimum absolute atomic E-state index is 0. The molecule has 241 valence electrons. The first-order chi connectivity index (χ1) is 19.2. The SMILES string of the molecule is CC(C)CP(=O)(C(C)(C)C)C(C)(C)C.O.O=C(c1c(O)c2c3ccccc3ccc2n(-c2ccccc2)c1=O)C(F)(F)F.[Eu]. The Balaban J connectivity index is 0.000000522. The van der Waals surface area contributed by atoms with Gasteiger partial charge in [-0.1, -0.05) is 104 Å². The number of nitrogens with zero attached hydrogens (tertiary/aromatic N) is 1. The molecule has 6 nitrogen and oxygen atoms in total. The van der Waals surface area contributed by atoms with Crippen LogP contribution in [0.15, 0.2) is 71.5 Å². The predicted molar refractivity (Wildman–Crippen MR) is 170 cm³/mol. The van der Waals surface area contributed by atoms with Crippen LogP contribution in [0.5, 0.6) is 5.75 Å². The van der Waals surface area contributed by atoms with Gasteiger partial charge < -0.3 is 15.1 Å². The number of hydrogen-bond donors (Lipinski definition) is 1. The molecule has 1 heterocycles. The molecule has 0 aliphatic heterocycles. The summed E-state index contributed by atoms with van der Waals surface area (Å²) in [4.78, 5) is 24.9. The topological polar surface area (TPSA) is 108 Å². The molecule has 3 aromatic carbocycles. The summed E-state index contributed by atoms with van der Waals surface area (Å²) in [6, 6.07) is 18.0. The molecule has 1 radical (unpaired) electrons. The number of aromatic nitrogens is 1. The van der Waals surface area contributed by atoms with E-state index in [0.29, 0.717) is 16.7 Å². The maximum atomic E-state index is 13.1. The summed E-state index contributed by atoms with van der Waals surface area (Å²) in [6.07, 6.45) is -4.44. The zero-order chi connectivity index (χ0) is 31.8. The molecular formula is C33H41EuF3NO5P. The van der Waals surface area contributed by atoms with Gasteiger partial charge in [-0.05, 0) is 34.9 Å². The molecule has 0 aliphatic carbocycles. The van der Waals surface area contributed by atoms with Crippen LogP contribution in [-0.4, -0.2) is 43.6 Å². The summed E-state index contributed by atoms with van der Waals surface area (Å²) in [6.45, 7) is 17.0. The summed E-state index contributed by atoms with van der Waals surface area (Å²) >= 11 is 0. The number of pyridine rings is 1. The largest absolute Gasteiger partial charge is 0.506 e. The van der Waals surface area contributed by atoms with E-state index in [0.717, 1.165) is 10.7 Å². The van der Waals surface area contributed by atoms with E-state index in [-0.39, 0.29) is 81.8 Å². The van der Waals surface area contributed by atoms with Gasteiger partial charge in [-0.3, -0.25) is 14.2 Å². The molecule has 0 saturated heterocycles. The minimum Gasteiger partial charge on any atom is -0.506 e. The monoisotopic (exact) mass is 772 g/mol. The number of halogens is 3. The molecule has 0 spiro atoms. The number of alkyl halides is 3. The van der Waals surface area contributed by atoms with Crippen molar-refractivity contribution in [1.29, 1.82) is 0 Å². The molecule has 4 rings (SSSR count). The molecule has 0 fully saturated rings. The minimum atomic E-state index is -5.30. The van der Waals surface area contributed by atoms with Crippen LogP contribution >= 0.6 is 7.14 Å². The van der Waals surface area contributed by atoms with Crippen LogP contribution in [0.2, 0.25) is 0 Å². The molecule has 0 amide bonds. The van der Waals surface area contributed by atoms with Crippen molar-refractivity contribution in [3.63, 3.8) is 0 Å². The van der Waals surface area contributed by atoms with E-state index in [2.05, 4.69) is 55.4 Å². The number of fused-ring (bicyclic) bond motifs is 3. The van der Waals surface area contributed by atoms with Crippen LogP contribution in [0.3, 0.4) is 0 Å². The van der Waals surface area contributed by atoms with Gasteiger partial charge >= 0.3 is 6.18 Å². The first-order valence-electron chi connectivity index (χ1n) is 13.8. The van der Waals surface area contributed by atoms with Gasteiger partial charge in [-0.2, -0.15) is 13.2 Å². The molecule has 0 aliphatic rings. The molecule has 11 heteroatoms. The van der Waals surface area contributed by atoms with Crippen LogP contribution in [0.1, 0.15) is 65.7 Å². The van der Waals surface area contributed by atoms with Crippen LogP contribution in [0, 0.1) is 55.3 Å². The molecular weight excluding hydrogens is 730 g/mol. The molecule has 0 bridgehead atoms. The Hall–Kier alpha value is -1.84. The molecule has 0 atom stereocenters. The Morgan fingerprint density at radius 2 is 1.36 bits per heavy atom. The smallest absolute Gasteiger partial charge is 0.455 e. The fourth-order valence-electron chi connectivity index (χ4n) is 5.39. The molecule has 44 heavy (non-hydrogen) atoms. The molecule has 0 saturated carbocycles. The van der Waals surface area contributed by atoms with Crippen molar-refractivity contribution in [3.05, 3.63) is 82.6 Å². The van der Waals surface area contributed by atoms with Crippen LogP contribution in [-0.2, 0) is 4.57 Å². The van der Waals surface area contributed by atoms with Gasteiger partial charge in [0.25, 0.3) is 11.3 Å². The number of Topliss-reactive ketones (excluding diaryl/α,β-unsaturated/α-hetero) is 1. The van der Waals surface area contributed by atoms with Gasteiger partial charge in [0.1, 0.15) is 11.3 Å². The van der Waals surface area contributed by atoms with Crippen molar-refractivity contribution in [1.82, 2.24) is 4.57 Å². The molecule has 4 aromatic rings. The maximum Gasteiger partial charge on any atom is 0.455 e. The zero-order valence-electron chi connectivity index (χ0n) is 26.2. The molecule has 1 aromatic heterocycles. The van der Waals surface area contributed by atoms with Gasteiger partial charge in [0.2, 0.25) is 0 Å². The van der Waals surface area contributed by atoms with Gasteiger partial charge in [0.05, 0.1) is 12.7 Å². The Morgan fingerprint density at radius 3 is 1.82 bits per heavy atom. The average Bonchev–Trinajstić information content (AvgIpc) is 2.87. The third kappa shape index (κ3) is 8.11. The van der Waals surface area contributed by atoms with Crippen LogP contribution in [0.4, 0.5) is 13.2 Å². The Labute approximate surface area is 297 Å². The number of carbonyl (C=O) groups is 1. The molecule has 0 unspecified atom stereocenters. The average molecular weight is 772 g/mol. The van der Waals surface area contributed by atoms with E-state index in [9.17, 15) is 32.4 Å². The number of carbonyl (C=O) groups excluding carboxylic acids is 1. The third-order valence-electron chi connectivity index (χ3n) is 7.33. The fraction of sp³-hybridized carbons (Fsp3) is 0.394. The number of hydrogen-bond acceptors (Lipinski definition) is 4. The number of rotatable bonds is 4.